The van der Waals surface area contributed by atoms with Crippen LogP contribution in [0.5, 0.6) is 0 Å². The van der Waals surface area contributed by atoms with Gasteiger partial charge in [0.2, 0.25) is 5.43 Å². The van der Waals surface area contributed by atoms with Gasteiger partial charge in [0, 0.05) is 42.1 Å². The zero-order chi connectivity index (χ0) is 24.1. The largest absolute Gasteiger partial charge is 0.477 e. The number of pyridine rings is 1. The smallest absolute Gasteiger partial charge is 0.341 e. The Kier molecular flexibility index (Phi) is 5.81. The molecule has 34 heavy (non-hydrogen) atoms. The van der Waals surface area contributed by atoms with Gasteiger partial charge in [-0.1, -0.05) is 29.3 Å². The first-order valence-corrected chi connectivity index (χ1v) is 11.5. The molecule has 2 heterocycles. The van der Waals surface area contributed by atoms with Crippen LogP contribution in [0.4, 0.5) is 14.5 Å². The summed E-state index contributed by atoms with van der Waals surface area (Å²) in [6.07, 6.45) is 4.83. The van der Waals surface area contributed by atoms with Gasteiger partial charge in [-0.3, -0.25) is 9.79 Å². The van der Waals surface area contributed by atoms with Crippen LogP contribution in [0.25, 0.3) is 10.9 Å². The molecule has 0 amide bonds. The number of rotatable bonds is 5. The van der Waals surface area contributed by atoms with Gasteiger partial charge in [-0.15, -0.1) is 0 Å². The molecule has 1 aliphatic carbocycles. The van der Waals surface area contributed by atoms with Gasteiger partial charge in [0.05, 0.1) is 22.0 Å². The van der Waals surface area contributed by atoms with Crippen LogP contribution in [-0.4, -0.2) is 41.0 Å². The lowest BCUT2D eigenvalue weighted by atomic mass is 10.1. The Morgan fingerprint density at radius 3 is 2.62 bits per heavy atom. The van der Waals surface area contributed by atoms with E-state index in [1.807, 2.05) is 0 Å². The van der Waals surface area contributed by atoms with Crippen LogP contribution in [0.3, 0.4) is 0 Å². The molecule has 1 aromatic heterocycles. The molecule has 1 unspecified atom stereocenters. The maximum Gasteiger partial charge on any atom is 0.341 e. The third kappa shape index (κ3) is 4.05. The molecule has 10 heteroatoms. The van der Waals surface area contributed by atoms with Crippen LogP contribution in [-0.2, 0) is 0 Å². The van der Waals surface area contributed by atoms with E-state index < -0.39 is 28.6 Å². The number of halogens is 4. The van der Waals surface area contributed by atoms with Crippen molar-refractivity contribution in [2.45, 2.75) is 31.3 Å². The molecule has 0 radical (unpaired) electrons. The highest BCUT2D eigenvalue weighted by Gasteiger charge is 2.32. The highest BCUT2D eigenvalue weighted by Crippen LogP contribution is 2.40. The Balaban J connectivity index is 1.50. The third-order valence-electron chi connectivity index (χ3n) is 6.22. The number of fused-ring (bicyclic) bond motifs is 1. The second-order valence-corrected chi connectivity index (χ2v) is 9.41. The quantitative estimate of drug-likeness (QED) is 0.476. The van der Waals surface area contributed by atoms with Gasteiger partial charge in [0.1, 0.15) is 17.1 Å². The minimum Gasteiger partial charge on any atom is -0.477 e. The van der Waals surface area contributed by atoms with Gasteiger partial charge in [0.25, 0.3) is 0 Å². The van der Waals surface area contributed by atoms with Crippen molar-refractivity contribution in [1.29, 1.82) is 0 Å². The first-order valence-electron chi connectivity index (χ1n) is 10.8. The molecule has 2 fully saturated rings. The fourth-order valence-corrected chi connectivity index (χ4v) is 4.83. The fourth-order valence-electron chi connectivity index (χ4n) is 4.37. The fraction of sp³-hybridized carbons (Fsp3) is 0.292. The van der Waals surface area contributed by atoms with Crippen molar-refractivity contribution in [2.75, 3.05) is 18.0 Å². The minimum absolute atomic E-state index is 0.0613. The zero-order valence-corrected chi connectivity index (χ0v) is 19.3. The molecule has 1 saturated heterocycles. The standard InChI is InChI=1S/C24H19Cl2F2N3O3/c25-13-2-1-12(18(26)7-13)9-29-14-5-6-30(10-14)22-19(27)8-16-21(20(22)28)31(15-3-4-15)11-17(23(16)32)24(33)34/h1-2,7-9,11,14-15H,3-6,10H2,(H,33,34). The van der Waals surface area contributed by atoms with E-state index in [2.05, 4.69) is 4.99 Å². The summed E-state index contributed by atoms with van der Waals surface area (Å²) in [6, 6.07) is 5.68. The first-order chi connectivity index (χ1) is 16.2. The number of carboxylic acids is 1. The molecule has 1 N–H and O–H groups in total. The van der Waals surface area contributed by atoms with E-state index in [1.165, 1.54) is 10.8 Å². The molecule has 1 atom stereocenters. The Hall–Kier alpha value is -2.97. The van der Waals surface area contributed by atoms with Crippen LogP contribution in [0.2, 0.25) is 10.0 Å². The summed E-state index contributed by atoms with van der Waals surface area (Å²) < 4.78 is 32.3. The van der Waals surface area contributed by atoms with E-state index >= 15 is 8.78 Å². The van der Waals surface area contributed by atoms with Gasteiger partial charge in [0.15, 0.2) is 5.82 Å². The number of carbonyl (C=O) groups is 1. The average molecular weight is 506 g/mol. The SMILES string of the molecule is O=C(O)c1cn(C2CC2)c2c(F)c(N3CCC(N=Cc4ccc(Cl)cc4Cl)C3)c(F)cc2c1=O. The van der Waals surface area contributed by atoms with Crippen LogP contribution < -0.4 is 10.3 Å². The molecular formula is C24H19Cl2F2N3O3. The summed E-state index contributed by atoms with van der Waals surface area (Å²) in [7, 11) is 0. The van der Waals surface area contributed by atoms with Crippen LogP contribution in [0.1, 0.15) is 41.2 Å². The highest BCUT2D eigenvalue weighted by atomic mass is 35.5. The highest BCUT2D eigenvalue weighted by molar-refractivity contribution is 6.36. The monoisotopic (exact) mass is 505 g/mol. The number of nitrogens with zero attached hydrogens (tertiary/aromatic N) is 3. The van der Waals surface area contributed by atoms with E-state index in [1.54, 1.807) is 29.3 Å². The van der Waals surface area contributed by atoms with E-state index in [9.17, 15) is 14.7 Å². The average Bonchev–Trinajstić information content (AvgIpc) is 3.52. The maximum atomic E-state index is 15.8. The van der Waals surface area contributed by atoms with E-state index in [4.69, 9.17) is 23.2 Å². The van der Waals surface area contributed by atoms with Crippen molar-refractivity contribution in [1.82, 2.24) is 4.57 Å². The van der Waals surface area contributed by atoms with Gasteiger partial charge < -0.3 is 14.6 Å². The van der Waals surface area contributed by atoms with E-state index in [0.29, 0.717) is 28.6 Å². The Morgan fingerprint density at radius 2 is 1.94 bits per heavy atom. The van der Waals surface area contributed by atoms with E-state index in [0.717, 1.165) is 18.9 Å². The van der Waals surface area contributed by atoms with Crippen LogP contribution >= 0.6 is 23.2 Å². The Bertz CT molecular complexity index is 1420. The lowest BCUT2D eigenvalue weighted by Gasteiger charge is -2.22. The van der Waals surface area contributed by atoms with E-state index in [-0.39, 0.29) is 35.2 Å². The molecule has 3 aromatic rings. The number of hydrogen-bond acceptors (Lipinski definition) is 4. The Labute approximate surface area is 203 Å². The molecule has 2 aromatic carbocycles. The molecule has 1 aliphatic heterocycles. The molecule has 2 aliphatic rings. The molecule has 0 bridgehead atoms. The molecule has 176 valence electrons. The lowest BCUT2D eigenvalue weighted by Crippen LogP contribution is -2.25. The van der Waals surface area contributed by atoms with Crippen molar-refractivity contribution in [3.8, 4) is 0 Å². The summed E-state index contributed by atoms with van der Waals surface area (Å²) in [5.74, 6) is -3.19. The van der Waals surface area contributed by atoms with Crippen molar-refractivity contribution < 1.29 is 18.7 Å². The van der Waals surface area contributed by atoms with Crippen molar-refractivity contribution in [2.24, 2.45) is 4.99 Å². The number of carboxylic acid groups (broad SMARTS) is 1. The number of hydrogen-bond donors (Lipinski definition) is 1. The Morgan fingerprint density at radius 1 is 1.18 bits per heavy atom. The molecule has 6 nitrogen and oxygen atoms in total. The summed E-state index contributed by atoms with van der Waals surface area (Å²) >= 11 is 12.1. The summed E-state index contributed by atoms with van der Waals surface area (Å²) in [6.45, 7) is 0.651. The summed E-state index contributed by atoms with van der Waals surface area (Å²) in [4.78, 5) is 30.2. The molecule has 1 saturated carbocycles. The second kappa shape index (κ2) is 8.67. The molecular weight excluding hydrogens is 487 g/mol. The van der Waals surface area contributed by atoms with Crippen molar-refractivity contribution in [3.05, 3.63) is 73.5 Å². The van der Waals surface area contributed by atoms with Crippen molar-refractivity contribution in [3.63, 3.8) is 0 Å². The van der Waals surface area contributed by atoms with Gasteiger partial charge in [-0.05, 0) is 37.5 Å². The molecule has 0 spiro atoms. The number of benzene rings is 2. The summed E-state index contributed by atoms with van der Waals surface area (Å²) in [5.41, 5.74) is -0.995. The van der Waals surface area contributed by atoms with Gasteiger partial charge in [-0.2, -0.15) is 0 Å². The maximum absolute atomic E-state index is 15.8. The topological polar surface area (TPSA) is 74.9 Å². The minimum atomic E-state index is -1.42. The number of aromatic nitrogens is 1. The normalized spacial score (nSPS) is 18.4. The number of aliphatic imine (C=N–C) groups is 1. The van der Waals surface area contributed by atoms with Gasteiger partial charge in [-0.25, -0.2) is 13.6 Å². The predicted molar refractivity (Wildman–Crippen MR) is 128 cm³/mol. The predicted octanol–water partition coefficient (Wildman–Crippen LogP) is 5.32. The molecule has 5 rings (SSSR count). The third-order valence-corrected chi connectivity index (χ3v) is 6.78. The van der Waals surface area contributed by atoms with Crippen LogP contribution in [0, 0.1) is 11.6 Å². The summed E-state index contributed by atoms with van der Waals surface area (Å²) in [5, 5.41) is 10.1. The zero-order valence-electron chi connectivity index (χ0n) is 17.8. The number of aromatic carboxylic acids is 1. The first kappa shape index (κ1) is 22.8. The van der Waals surface area contributed by atoms with Crippen molar-refractivity contribution >= 4 is 52.0 Å². The second-order valence-electron chi connectivity index (χ2n) is 8.57. The number of anilines is 1. The van der Waals surface area contributed by atoms with Crippen LogP contribution in [0.15, 0.2) is 40.2 Å². The lowest BCUT2D eigenvalue weighted by molar-refractivity contribution is 0.0694. The van der Waals surface area contributed by atoms with Gasteiger partial charge >= 0.3 is 5.97 Å².